The van der Waals surface area contributed by atoms with Crippen LogP contribution in [0.1, 0.15) is 17.0 Å². The Hall–Kier alpha value is -4.19. The molecule has 0 bridgehead atoms. The molecule has 2 aromatic rings. The number of nitrogens with one attached hydrogen (secondary N) is 1. The van der Waals surface area contributed by atoms with Gasteiger partial charge in [-0.05, 0) is 21.9 Å². The minimum atomic E-state index is -1.92. The molecule has 1 unspecified atom stereocenters. The van der Waals surface area contributed by atoms with E-state index in [1.165, 1.54) is 0 Å². The Balaban J connectivity index is 1.97. The van der Waals surface area contributed by atoms with Crippen LogP contribution in [0.5, 0.6) is 0 Å². The summed E-state index contributed by atoms with van der Waals surface area (Å²) in [5.41, 5.74) is 3.40. The molecule has 0 heterocycles. The Labute approximate surface area is 151 Å². The molecule has 0 spiro atoms. The SMILES string of the molecule is O=C(O)C(=O)NN([N+]#CC1C=Cc2cccc3cccc1c23)C(=O)C(=O)O. The van der Waals surface area contributed by atoms with Crippen LogP contribution in [0.2, 0.25) is 0 Å². The fourth-order valence-corrected chi connectivity index (χ4v) is 2.69. The van der Waals surface area contributed by atoms with E-state index in [9.17, 15) is 19.2 Å². The quantitative estimate of drug-likeness (QED) is 0.475. The van der Waals surface area contributed by atoms with Crippen molar-refractivity contribution in [2.75, 3.05) is 0 Å². The van der Waals surface area contributed by atoms with Crippen LogP contribution in [-0.4, -0.2) is 39.1 Å². The van der Waals surface area contributed by atoms with E-state index in [1.807, 2.05) is 42.5 Å². The van der Waals surface area contributed by atoms with Crippen LogP contribution in [0.3, 0.4) is 0 Å². The highest BCUT2D eigenvalue weighted by atomic mass is 16.4. The number of hydrazine groups is 1. The Morgan fingerprint density at radius 3 is 2.41 bits per heavy atom. The molecular formula is C18H12N3O6+. The standard InChI is InChI=1S/C18H11N3O6/c22-15(17(24)25)20-21(16(23)18(26)27)19-9-12-8-7-11-4-1-3-10-5-2-6-13(12)14(10)11/h1-8,12H,(H2-,20,22,24,25,26,27)/p+1. The van der Waals surface area contributed by atoms with Crippen molar-refractivity contribution in [1.29, 1.82) is 0 Å². The van der Waals surface area contributed by atoms with Gasteiger partial charge in [0.2, 0.25) is 0 Å². The summed E-state index contributed by atoms with van der Waals surface area (Å²) in [5.74, 6) is -7.59. The third kappa shape index (κ3) is 3.45. The third-order valence-electron chi connectivity index (χ3n) is 3.85. The molecule has 0 radical (unpaired) electrons. The van der Waals surface area contributed by atoms with Gasteiger partial charge in [0, 0.05) is 0 Å². The van der Waals surface area contributed by atoms with Crippen LogP contribution in [0.25, 0.3) is 21.8 Å². The van der Waals surface area contributed by atoms with Gasteiger partial charge in [-0.25, -0.2) is 9.59 Å². The number of carboxylic acid groups (broad SMARTS) is 2. The second-order valence-corrected chi connectivity index (χ2v) is 5.53. The molecule has 1 atom stereocenters. The molecule has 1 aliphatic carbocycles. The van der Waals surface area contributed by atoms with E-state index < -0.39 is 29.7 Å². The van der Waals surface area contributed by atoms with E-state index in [4.69, 9.17) is 10.2 Å². The number of benzene rings is 2. The second-order valence-electron chi connectivity index (χ2n) is 5.53. The van der Waals surface area contributed by atoms with Gasteiger partial charge in [-0.3, -0.25) is 9.59 Å². The average Bonchev–Trinajstić information content (AvgIpc) is 2.65. The van der Waals surface area contributed by atoms with Crippen LogP contribution >= 0.6 is 0 Å². The zero-order valence-corrected chi connectivity index (χ0v) is 13.6. The first kappa shape index (κ1) is 17.6. The van der Waals surface area contributed by atoms with Crippen LogP contribution in [0.15, 0.2) is 42.5 Å². The molecular weight excluding hydrogens is 354 g/mol. The summed E-state index contributed by atoms with van der Waals surface area (Å²) in [6.45, 7) is 0. The Morgan fingerprint density at radius 1 is 1.04 bits per heavy atom. The van der Waals surface area contributed by atoms with E-state index in [0.29, 0.717) is 0 Å². The molecule has 9 nitrogen and oxygen atoms in total. The van der Waals surface area contributed by atoms with Gasteiger partial charge in [0.1, 0.15) is 16.0 Å². The van der Waals surface area contributed by atoms with E-state index in [1.54, 1.807) is 11.5 Å². The van der Waals surface area contributed by atoms with Crippen LogP contribution in [0.4, 0.5) is 0 Å². The summed E-state index contributed by atoms with van der Waals surface area (Å²) in [6, 6.07) is 14.0. The highest BCUT2D eigenvalue weighted by Gasteiger charge is 2.33. The molecule has 1 aliphatic rings. The van der Waals surface area contributed by atoms with Gasteiger partial charge in [-0.1, -0.05) is 48.6 Å². The molecule has 0 saturated carbocycles. The molecule has 0 fully saturated rings. The van der Waals surface area contributed by atoms with Crippen molar-refractivity contribution in [2.24, 2.45) is 0 Å². The summed E-state index contributed by atoms with van der Waals surface area (Å²) >= 11 is 0. The van der Waals surface area contributed by atoms with Crippen LogP contribution in [-0.2, 0) is 19.2 Å². The van der Waals surface area contributed by atoms with E-state index >= 15 is 0 Å². The van der Waals surface area contributed by atoms with Gasteiger partial charge >= 0.3 is 29.8 Å². The van der Waals surface area contributed by atoms with E-state index in [2.05, 4.69) is 11.0 Å². The zero-order chi connectivity index (χ0) is 19.6. The second kappa shape index (κ2) is 6.97. The van der Waals surface area contributed by atoms with Crippen LogP contribution in [0, 0.1) is 6.07 Å². The smallest absolute Gasteiger partial charge is 0.427 e. The largest absolute Gasteiger partial charge is 0.474 e. The lowest BCUT2D eigenvalue weighted by atomic mass is 9.87. The van der Waals surface area contributed by atoms with E-state index in [0.717, 1.165) is 21.9 Å². The van der Waals surface area contributed by atoms with Gasteiger partial charge in [0.05, 0.1) is 0 Å². The lowest BCUT2D eigenvalue weighted by molar-refractivity contribution is -0.160. The molecule has 9 heteroatoms. The molecule has 0 saturated heterocycles. The number of carbonyl (C=O) groups excluding carboxylic acids is 2. The number of nitrogens with zero attached hydrogens (tertiary/aromatic N) is 2. The number of hydrogen-bond donors (Lipinski definition) is 3. The predicted octanol–water partition coefficient (Wildman–Crippen LogP) is 1.23. The fourth-order valence-electron chi connectivity index (χ4n) is 2.69. The maximum atomic E-state index is 11.6. The predicted molar refractivity (Wildman–Crippen MR) is 93.2 cm³/mol. The van der Waals surface area contributed by atoms with Gasteiger partial charge in [0.25, 0.3) is 0 Å². The topological polar surface area (TPSA) is 128 Å². The number of carbonyl (C=O) groups is 4. The Morgan fingerprint density at radius 2 is 1.74 bits per heavy atom. The number of hydrogen-bond acceptors (Lipinski definition) is 4. The Kier molecular flexibility index (Phi) is 4.55. The third-order valence-corrected chi connectivity index (χ3v) is 3.85. The fraction of sp³-hybridized carbons (Fsp3) is 0.0556. The highest BCUT2D eigenvalue weighted by Crippen LogP contribution is 2.34. The Bertz CT molecular complexity index is 1070. The molecule has 27 heavy (non-hydrogen) atoms. The average molecular weight is 366 g/mol. The summed E-state index contributed by atoms with van der Waals surface area (Å²) in [5, 5.41) is 19.4. The zero-order valence-electron chi connectivity index (χ0n) is 13.6. The molecule has 3 N–H and O–H groups in total. The highest BCUT2D eigenvalue weighted by molar-refractivity contribution is 6.34. The normalized spacial score (nSPS) is 14.0. The lowest BCUT2D eigenvalue weighted by Gasteiger charge is -2.14. The minimum Gasteiger partial charge on any atom is -0.474 e. The molecule has 2 amide bonds. The minimum absolute atomic E-state index is 0.0350. The number of carboxylic acids is 2. The van der Waals surface area contributed by atoms with Crippen LogP contribution < -0.4 is 5.43 Å². The number of allylic oxidation sites excluding steroid dienone is 1. The number of amides is 2. The monoisotopic (exact) mass is 366 g/mol. The molecule has 3 rings (SSSR count). The first-order valence-electron chi connectivity index (χ1n) is 7.66. The molecule has 2 aromatic carbocycles. The molecule has 0 aliphatic heterocycles. The number of rotatable bonds is 0. The van der Waals surface area contributed by atoms with Gasteiger partial charge in [0.15, 0.2) is 0 Å². The molecule has 134 valence electrons. The van der Waals surface area contributed by atoms with Crippen molar-refractivity contribution in [3.05, 3.63) is 58.6 Å². The van der Waals surface area contributed by atoms with Gasteiger partial charge < -0.3 is 10.2 Å². The summed E-state index contributed by atoms with van der Waals surface area (Å²) < 4.78 is 0. The first-order valence-corrected chi connectivity index (χ1v) is 7.66. The van der Waals surface area contributed by atoms with Crippen molar-refractivity contribution in [3.63, 3.8) is 0 Å². The maximum Gasteiger partial charge on any atom is 0.427 e. The lowest BCUT2D eigenvalue weighted by Crippen LogP contribution is -2.47. The van der Waals surface area contributed by atoms with Crippen molar-refractivity contribution >= 4 is 40.6 Å². The molecule has 0 aromatic heterocycles. The first-order chi connectivity index (χ1) is 12.9. The van der Waals surface area contributed by atoms with Crippen molar-refractivity contribution in [1.82, 2.24) is 10.5 Å². The summed E-state index contributed by atoms with van der Waals surface area (Å²) in [7, 11) is 0. The van der Waals surface area contributed by atoms with Gasteiger partial charge in [-0.15, -0.1) is 0 Å². The van der Waals surface area contributed by atoms with E-state index in [-0.39, 0.29) is 5.12 Å². The number of aliphatic carboxylic acids is 2. The van der Waals surface area contributed by atoms with Gasteiger partial charge in [-0.2, -0.15) is 5.43 Å². The summed E-state index contributed by atoms with van der Waals surface area (Å²) in [6.07, 6.45) is 3.57. The van der Waals surface area contributed by atoms with Crippen molar-refractivity contribution in [3.8, 4) is 6.07 Å². The maximum absolute atomic E-state index is 11.6. The summed E-state index contributed by atoms with van der Waals surface area (Å²) in [4.78, 5) is 47.9. The van der Waals surface area contributed by atoms with Crippen molar-refractivity contribution < 1.29 is 29.4 Å². The van der Waals surface area contributed by atoms with Crippen molar-refractivity contribution in [2.45, 2.75) is 5.92 Å².